The summed E-state index contributed by atoms with van der Waals surface area (Å²) in [6, 6.07) is 10.5. The van der Waals surface area contributed by atoms with Crippen LogP contribution in [0.3, 0.4) is 0 Å². The predicted octanol–water partition coefficient (Wildman–Crippen LogP) is 3.40. The van der Waals surface area contributed by atoms with Gasteiger partial charge in [-0.1, -0.05) is 12.1 Å². The molecule has 4 nitrogen and oxygen atoms in total. The summed E-state index contributed by atoms with van der Waals surface area (Å²) in [6.45, 7) is 1.68. The largest absolute Gasteiger partial charge is 0.338 e. The number of hydrogen-bond acceptors (Lipinski definition) is 4. The molecule has 0 saturated carbocycles. The summed E-state index contributed by atoms with van der Waals surface area (Å²) in [7, 11) is 0. The minimum absolute atomic E-state index is 0.123. The average molecular weight is 323 g/mol. The Kier molecular flexibility index (Phi) is 3.79. The van der Waals surface area contributed by atoms with Gasteiger partial charge in [-0.3, -0.25) is 14.8 Å². The normalized spacial score (nSPS) is 17.7. The fourth-order valence-electron chi connectivity index (χ4n) is 3.25. The predicted molar refractivity (Wildman–Crippen MR) is 91.6 cm³/mol. The zero-order valence-corrected chi connectivity index (χ0v) is 13.5. The first-order valence-electron chi connectivity index (χ1n) is 7.81. The van der Waals surface area contributed by atoms with Gasteiger partial charge < -0.3 is 4.90 Å². The van der Waals surface area contributed by atoms with Crippen molar-refractivity contribution in [1.29, 1.82) is 0 Å². The van der Waals surface area contributed by atoms with Crippen LogP contribution >= 0.6 is 11.3 Å². The molecule has 1 unspecified atom stereocenters. The summed E-state index contributed by atoms with van der Waals surface area (Å²) in [5, 5.41) is 1.18. The summed E-state index contributed by atoms with van der Waals surface area (Å²) in [6.07, 6.45) is 5.56. The molecule has 3 aromatic rings. The minimum Gasteiger partial charge on any atom is -0.338 e. The molecule has 0 spiro atoms. The van der Waals surface area contributed by atoms with E-state index in [0.717, 1.165) is 36.3 Å². The number of carbonyl (C=O) groups is 1. The summed E-state index contributed by atoms with van der Waals surface area (Å²) in [4.78, 5) is 23.4. The van der Waals surface area contributed by atoms with Gasteiger partial charge in [0.15, 0.2) is 0 Å². The number of carbonyl (C=O) groups excluding carboxylic acids is 1. The SMILES string of the molecule is O=C(c1cncs1)N1CCC(Cc2ccc3ncccc3c2)C1. The van der Waals surface area contributed by atoms with Gasteiger partial charge in [-0.05, 0) is 42.5 Å². The van der Waals surface area contributed by atoms with Gasteiger partial charge in [0.1, 0.15) is 4.88 Å². The van der Waals surface area contributed by atoms with Crippen LogP contribution in [-0.4, -0.2) is 33.9 Å². The average Bonchev–Trinajstić information content (AvgIpc) is 3.26. The number of aromatic nitrogens is 2. The molecule has 23 heavy (non-hydrogen) atoms. The number of amides is 1. The van der Waals surface area contributed by atoms with Gasteiger partial charge in [0.25, 0.3) is 5.91 Å². The summed E-state index contributed by atoms with van der Waals surface area (Å²) >= 11 is 1.42. The number of thiazole rings is 1. The van der Waals surface area contributed by atoms with Gasteiger partial charge in [0.2, 0.25) is 0 Å². The molecular formula is C18H17N3OS. The van der Waals surface area contributed by atoms with Crippen LogP contribution in [-0.2, 0) is 6.42 Å². The Morgan fingerprint density at radius 2 is 2.30 bits per heavy atom. The fourth-order valence-corrected chi connectivity index (χ4v) is 3.83. The van der Waals surface area contributed by atoms with Crippen molar-refractivity contribution in [3.05, 3.63) is 58.7 Å². The number of likely N-dealkylation sites (tertiary alicyclic amines) is 1. The first kappa shape index (κ1) is 14.3. The Hall–Kier alpha value is -2.27. The van der Waals surface area contributed by atoms with Crippen LogP contribution < -0.4 is 0 Å². The second-order valence-corrected chi connectivity index (χ2v) is 6.89. The van der Waals surface area contributed by atoms with Crippen LogP contribution in [0.4, 0.5) is 0 Å². The van der Waals surface area contributed by atoms with E-state index in [-0.39, 0.29) is 5.91 Å². The summed E-state index contributed by atoms with van der Waals surface area (Å²) in [5.74, 6) is 0.652. The van der Waals surface area contributed by atoms with E-state index in [1.807, 2.05) is 17.2 Å². The van der Waals surface area contributed by atoms with Crippen molar-refractivity contribution in [2.75, 3.05) is 13.1 Å². The number of hydrogen-bond donors (Lipinski definition) is 0. The van der Waals surface area contributed by atoms with E-state index in [4.69, 9.17) is 0 Å². The Labute approximate surface area is 138 Å². The van der Waals surface area contributed by atoms with Crippen molar-refractivity contribution in [1.82, 2.24) is 14.9 Å². The molecule has 5 heteroatoms. The van der Waals surface area contributed by atoms with Gasteiger partial charge in [0.05, 0.1) is 17.2 Å². The zero-order chi connectivity index (χ0) is 15.6. The number of benzene rings is 1. The maximum absolute atomic E-state index is 12.4. The number of pyridine rings is 1. The molecule has 1 saturated heterocycles. The first-order valence-corrected chi connectivity index (χ1v) is 8.69. The molecule has 116 valence electrons. The molecule has 4 rings (SSSR count). The van der Waals surface area contributed by atoms with E-state index in [0.29, 0.717) is 5.92 Å². The maximum Gasteiger partial charge on any atom is 0.265 e. The second kappa shape index (κ2) is 6.08. The molecule has 0 N–H and O–H groups in total. The van der Waals surface area contributed by atoms with Crippen LogP contribution in [0.1, 0.15) is 21.7 Å². The van der Waals surface area contributed by atoms with Crippen molar-refractivity contribution in [3.63, 3.8) is 0 Å². The fraction of sp³-hybridized carbons (Fsp3) is 0.278. The van der Waals surface area contributed by atoms with E-state index in [1.165, 1.54) is 22.3 Å². The monoisotopic (exact) mass is 323 g/mol. The lowest BCUT2D eigenvalue weighted by molar-refractivity contribution is 0.0791. The minimum atomic E-state index is 0.123. The maximum atomic E-state index is 12.4. The molecule has 0 radical (unpaired) electrons. The number of fused-ring (bicyclic) bond motifs is 1. The van der Waals surface area contributed by atoms with Crippen molar-refractivity contribution < 1.29 is 4.79 Å². The molecule has 0 aliphatic carbocycles. The van der Waals surface area contributed by atoms with Gasteiger partial charge in [0, 0.05) is 24.7 Å². The van der Waals surface area contributed by atoms with Crippen molar-refractivity contribution in [3.8, 4) is 0 Å². The molecule has 1 amide bonds. The third-order valence-corrected chi connectivity index (χ3v) is 5.17. The topological polar surface area (TPSA) is 46.1 Å². The lowest BCUT2D eigenvalue weighted by atomic mass is 9.97. The second-order valence-electron chi connectivity index (χ2n) is 6.01. The molecule has 3 heterocycles. The molecule has 1 atom stereocenters. The highest BCUT2D eigenvalue weighted by Gasteiger charge is 2.27. The van der Waals surface area contributed by atoms with Crippen molar-refractivity contribution in [2.24, 2.45) is 5.92 Å². The number of nitrogens with zero attached hydrogens (tertiary/aromatic N) is 3. The Morgan fingerprint density at radius 1 is 1.35 bits per heavy atom. The lowest BCUT2D eigenvalue weighted by Crippen LogP contribution is -2.28. The van der Waals surface area contributed by atoms with Crippen LogP contribution in [0.25, 0.3) is 10.9 Å². The van der Waals surface area contributed by atoms with Gasteiger partial charge in [-0.25, -0.2) is 0 Å². The van der Waals surface area contributed by atoms with Crippen LogP contribution in [0, 0.1) is 5.92 Å². The van der Waals surface area contributed by atoms with E-state index >= 15 is 0 Å². The van der Waals surface area contributed by atoms with E-state index in [1.54, 1.807) is 11.7 Å². The number of rotatable bonds is 3. The van der Waals surface area contributed by atoms with Gasteiger partial charge >= 0.3 is 0 Å². The summed E-state index contributed by atoms with van der Waals surface area (Å²) in [5.41, 5.74) is 4.07. The Morgan fingerprint density at radius 3 is 3.17 bits per heavy atom. The van der Waals surface area contributed by atoms with E-state index in [9.17, 15) is 4.79 Å². The summed E-state index contributed by atoms with van der Waals surface area (Å²) < 4.78 is 0. The van der Waals surface area contributed by atoms with Crippen LogP contribution in [0.15, 0.2) is 48.2 Å². The third kappa shape index (κ3) is 2.97. The third-order valence-electron chi connectivity index (χ3n) is 4.41. The molecule has 1 fully saturated rings. The smallest absolute Gasteiger partial charge is 0.265 e. The van der Waals surface area contributed by atoms with Crippen LogP contribution in [0.5, 0.6) is 0 Å². The first-order chi connectivity index (χ1) is 11.3. The molecule has 1 aromatic carbocycles. The molecule has 1 aliphatic rings. The van der Waals surface area contributed by atoms with E-state index in [2.05, 4.69) is 34.2 Å². The highest BCUT2D eigenvalue weighted by Crippen LogP contribution is 2.24. The van der Waals surface area contributed by atoms with Crippen molar-refractivity contribution >= 4 is 28.1 Å². The molecular weight excluding hydrogens is 306 g/mol. The lowest BCUT2D eigenvalue weighted by Gasteiger charge is -2.15. The Balaban J connectivity index is 1.44. The molecule has 1 aliphatic heterocycles. The molecule has 2 aromatic heterocycles. The standard InChI is InChI=1S/C18H17N3OS/c22-18(17-10-19-12-23-17)21-7-5-14(11-21)8-13-3-4-16-15(9-13)2-1-6-20-16/h1-4,6,9-10,12,14H,5,7-8,11H2. The quantitative estimate of drug-likeness (QED) is 0.742. The zero-order valence-electron chi connectivity index (χ0n) is 12.7. The van der Waals surface area contributed by atoms with Gasteiger partial charge in [-0.15, -0.1) is 11.3 Å². The highest BCUT2D eigenvalue weighted by atomic mass is 32.1. The highest BCUT2D eigenvalue weighted by molar-refractivity contribution is 7.11. The van der Waals surface area contributed by atoms with Crippen molar-refractivity contribution in [2.45, 2.75) is 12.8 Å². The van der Waals surface area contributed by atoms with Crippen LogP contribution in [0.2, 0.25) is 0 Å². The van der Waals surface area contributed by atoms with E-state index < -0.39 is 0 Å². The van der Waals surface area contributed by atoms with Gasteiger partial charge in [-0.2, -0.15) is 0 Å². The Bertz CT molecular complexity index is 831. The molecule has 0 bridgehead atoms.